The molecule has 1 unspecified atom stereocenters. The van der Waals surface area contributed by atoms with E-state index in [9.17, 15) is 9.59 Å². The minimum absolute atomic E-state index is 0.00238. The Hall–Kier alpha value is -2.32. The van der Waals surface area contributed by atoms with Crippen LogP contribution in [0.1, 0.15) is 44.6 Å². The summed E-state index contributed by atoms with van der Waals surface area (Å²) in [5, 5.41) is 6.98. The van der Waals surface area contributed by atoms with Gasteiger partial charge in [0.25, 0.3) is 5.91 Å². The van der Waals surface area contributed by atoms with Crippen LogP contribution < -0.4 is 5.73 Å². The van der Waals surface area contributed by atoms with Crippen molar-refractivity contribution in [1.82, 2.24) is 20.1 Å². The summed E-state index contributed by atoms with van der Waals surface area (Å²) in [6.07, 6.45) is 0.266. The molecule has 9 heteroatoms. The van der Waals surface area contributed by atoms with Crippen LogP contribution in [0.15, 0.2) is 4.63 Å². The predicted octanol–water partition coefficient (Wildman–Crippen LogP) is 1.12. The molecule has 1 saturated heterocycles. The van der Waals surface area contributed by atoms with Gasteiger partial charge in [-0.25, -0.2) is 9.42 Å². The van der Waals surface area contributed by atoms with E-state index in [0.717, 1.165) is 0 Å². The summed E-state index contributed by atoms with van der Waals surface area (Å²) < 4.78 is 9.88. The van der Waals surface area contributed by atoms with Crippen molar-refractivity contribution in [2.24, 2.45) is 0 Å². The molecular weight excluding hydrogens is 302 g/mol. The molecule has 1 aliphatic heterocycles. The normalized spacial score (nSPS) is 19.4. The fourth-order valence-corrected chi connectivity index (χ4v) is 2.43. The van der Waals surface area contributed by atoms with Crippen molar-refractivity contribution in [2.75, 3.05) is 25.4 Å². The molecule has 0 saturated carbocycles. The zero-order chi connectivity index (χ0) is 17.2. The van der Waals surface area contributed by atoms with Crippen molar-refractivity contribution < 1.29 is 19.0 Å². The van der Waals surface area contributed by atoms with Gasteiger partial charge in [-0.15, -0.1) is 0 Å². The van der Waals surface area contributed by atoms with Crippen molar-refractivity contribution in [2.45, 2.75) is 45.8 Å². The number of nitrogens with zero attached hydrogens (tertiary/aromatic N) is 4. The molecule has 2 rings (SSSR count). The van der Waals surface area contributed by atoms with Gasteiger partial charge in [0, 0.05) is 25.7 Å². The van der Waals surface area contributed by atoms with E-state index in [1.807, 2.05) is 27.7 Å². The average molecular weight is 325 g/mol. The van der Waals surface area contributed by atoms with E-state index < -0.39 is 5.60 Å². The summed E-state index contributed by atoms with van der Waals surface area (Å²) >= 11 is 0. The highest BCUT2D eigenvalue weighted by atomic mass is 16.6. The smallest absolute Gasteiger partial charge is 0.410 e. The third kappa shape index (κ3) is 4.11. The van der Waals surface area contributed by atoms with E-state index in [4.69, 9.17) is 10.5 Å². The number of nitrogen functional groups attached to an aromatic ring is 1. The molecule has 1 aromatic rings. The van der Waals surface area contributed by atoms with Gasteiger partial charge < -0.3 is 20.3 Å². The Kier molecular flexibility index (Phi) is 4.76. The van der Waals surface area contributed by atoms with Crippen LogP contribution in [0.4, 0.5) is 10.6 Å². The van der Waals surface area contributed by atoms with E-state index in [0.29, 0.717) is 26.1 Å². The summed E-state index contributed by atoms with van der Waals surface area (Å²) in [5.41, 5.74) is 5.03. The second-order valence-electron chi connectivity index (χ2n) is 6.63. The molecule has 0 aromatic carbocycles. The second kappa shape index (κ2) is 6.43. The fraction of sp³-hybridized carbons (Fsp3) is 0.714. The van der Waals surface area contributed by atoms with Crippen LogP contribution in [0, 0.1) is 0 Å². The summed E-state index contributed by atoms with van der Waals surface area (Å²) in [7, 11) is 0. The predicted molar refractivity (Wildman–Crippen MR) is 81.6 cm³/mol. The van der Waals surface area contributed by atoms with Crippen LogP contribution in [0.25, 0.3) is 0 Å². The topological polar surface area (TPSA) is 115 Å². The molecule has 2 amide bonds. The summed E-state index contributed by atoms with van der Waals surface area (Å²) in [5.74, 6) is -0.377. The van der Waals surface area contributed by atoms with E-state index in [-0.39, 0.29) is 29.6 Å². The van der Waals surface area contributed by atoms with Gasteiger partial charge in [-0.2, -0.15) is 0 Å². The van der Waals surface area contributed by atoms with Crippen molar-refractivity contribution in [3.8, 4) is 0 Å². The first-order valence-corrected chi connectivity index (χ1v) is 7.56. The number of ether oxygens (including phenoxy) is 1. The first-order valence-electron chi connectivity index (χ1n) is 7.56. The molecular formula is C14H23N5O4. The maximum Gasteiger partial charge on any atom is 0.410 e. The lowest BCUT2D eigenvalue weighted by Gasteiger charge is -2.30. The van der Waals surface area contributed by atoms with Crippen molar-refractivity contribution in [1.29, 1.82) is 0 Å². The van der Waals surface area contributed by atoms with Gasteiger partial charge in [-0.1, -0.05) is 0 Å². The van der Waals surface area contributed by atoms with Gasteiger partial charge in [-0.3, -0.25) is 4.79 Å². The molecule has 23 heavy (non-hydrogen) atoms. The molecule has 1 aromatic heterocycles. The van der Waals surface area contributed by atoms with Crippen LogP contribution in [0.3, 0.4) is 0 Å². The first-order chi connectivity index (χ1) is 10.7. The summed E-state index contributed by atoms with van der Waals surface area (Å²) in [6, 6.07) is -0.200. The van der Waals surface area contributed by atoms with E-state index >= 15 is 0 Å². The molecule has 0 bridgehead atoms. The minimum atomic E-state index is -0.553. The highest BCUT2D eigenvalue weighted by Crippen LogP contribution is 2.18. The zero-order valence-electron chi connectivity index (χ0n) is 13.9. The van der Waals surface area contributed by atoms with Gasteiger partial charge >= 0.3 is 6.09 Å². The highest BCUT2D eigenvalue weighted by molar-refractivity contribution is 5.96. The minimum Gasteiger partial charge on any atom is -0.444 e. The lowest BCUT2D eigenvalue weighted by molar-refractivity contribution is 0.0232. The maximum absolute atomic E-state index is 12.5. The van der Waals surface area contributed by atoms with Crippen LogP contribution >= 0.6 is 0 Å². The Morgan fingerprint density at radius 1 is 1.30 bits per heavy atom. The lowest BCUT2D eigenvalue weighted by atomic mass is 10.2. The largest absolute Gasteiger partial charge is 0.444 e. The Balaban J connectivity index is 2.06. The highest BCUT2D eigenvalue weighted by Gasteiger charge is 2.32. The molecule has 128 valence electrons. The maximum atomic E-state index is 12.5. The number of amides is 2. The number of hydrogen-bond acceptors (Lipinski definition) is 7. The van der Waals surface area contributed by atoms with Gasteiger partial charge in [0.15, 0.2) is 0 Å². The summed E-state index contributed by atoms with van der Waals surface area (Å²) in [6.45, 7) is 8.73. The molecule has 2 N–H and O–H groups in total. The van der Waals surface area contributed by atoms with Gasteiger partial charge in [0.2, 0.25) is 11.5 Å². The van der Waals surface area contributed by atoms with Crippen LogP contribution in [0.2, 0.25) is 0 Å². The fourth-order valence-electron chi connectivity index (χ4n) is 2.43. The SMILES string of the molecule is CC1CN(C(=O)OC(C)(C)C)CCCN1C(=O)c1nonc1N. The van der Waals surface area contributed by atoms with Gasteiger partial charge in [0.1, 0.15) is 5.60 Å². The zero-order valence-corrected chi connectivity index (χ0v) is 13.9. The van der Waals surface area contributed by atoms with Crippen molar-refractivity contribution in [3.05, 3.63) is 5.69 Å². The van der Waals surface area contributed by atoms with Crippen LogP contribution in [-0.4, -0.2) is 63.4 Å². The molecule has 1 atom stereocenters. The van der Waals surface area contributed by atoms with Gasteiger partial charge in [-0.05, 0) is 44.4 Å². The van der Waals surface area contributed by atoms with Gasteiger partial charge in [0.05, 0.1) is 0 Å². The van der Waals surface area contributed by atoms with Crippen LogP contribution in [0.5, 0.6) is 0 Å². The lowest BCUT2D eigenvalue weighted by Crippen LogP contribution is -2.45. The number of anilines is 1. The summed E-state index contributed by atoms with van der Waals surface area (Å²) in [4.78, 5) is 28.0. The third-order valence-electron chi connectivity index (χ3n) is 3.47. The average Bonchev–Trinajstić information content (AvgIpc) is 2.75. The molecule has 0 radical (unpaired) electrons. The number of nitrogens with two attached hydrogens (primary N) is 1. The van der Waals surface area contributed by atoms with Crippen molar-refractivity contribution >= 4 is 17.8 Å². The Morgan fingerprint density at radius 3 is 2.57 bits per heavy atom. The third-order valence-corrected chi connectivity index (χ3v) is 3.47. The molecule has 9 nitrogen and oxygen atoms in total. The quantitative estimate of drug-likeness (QED) is 0.822. The monoisotopic (exact) mass is 325 g/mol. The van der Waals surface area contributed by atoms with E-state index in [2.05, 4.69) is 14.9 Å². The van der Waals surface area contributed by atoms with Crippen LogP contribution in [-0.2, 0) is 4.74 Å². The molecule has 0 aliphatic carbocycles. The molecule has 0 spiro atoms. The Bertz CT molecular complexity index is 580. The van der Waals surface area contributed by atoms with Crippen molar-refractivity contribution in [3.63, 3.8) is 0 Å². The Labute approximate surface area is 134 Å². The number of hydrogen-bond donors (Lipinski definition) is 1. The van der Waals surface area contributed by atoms with E-state index in [1.54, 1.807) is 9.80 Å². The Morgan fingerprint density at radius 2 is 2.00 bits per heavy atom. The van der Waals surface area contributed by atoms with E-state index in [1.165, 1.54) is 0 Å². The first kappa shape index (κ1) is 17.0. The number of carbonyl (C=O) groups excluding carboxylic acids is 2. The number of carbonyl (C=O) groups is 2. The number of rotatable bonds is 1. The second-order valence-corrected chi connectivity index (χ2v) is 6.63. The molecule has 1 aliphatic rings. The number of aromatic nitrogens is 2. The standard InChI is InChI=1S/C14H23N5O4/c1-9-8-18(13(21)22-14(2,3)4)6-5-7-19(9)12(20)10-11(15)17-23-16-10/h9H,5-8H2,1-4H3,(H2,15,17). The molecule has 1 fully saturated rings. The molecule has 2 heterocycles.